The molecule has 0 spiro atoms. The highest BCUT2D eigenvalue weighted by Gasteiger charge is 2.32. The van der Waals surface area contributed by atoms with Crippen LogP contribution in [0.15, 0.2) is 42.5 Å². The molecule has 0 aliphatic heterocycles. The smallest absolute Gasteiger partial charge is 0.271 e. The topological polar surface area (TPSA) is 139 Å². The molecule has 2 aromatic rings. The number of aryl methyl sites for hydroxylation is 1. The maximum absolute atomic E-state index is 13.6. The first-order valence-corrected chi connectivity index (χ1v) is 13.6. The lowest BCUT2D eigenvalue weighted by Gasteiger charge is -2.32. The van der Waals surface area contributed by atoms with E-state index >= 15 is 0 Å². The molecule has 1 N–H and O–H groups in total. The molecule has 0 unspecified atom stereocenters. The Hall–Kier alpha value is -3.67. The summed E-state index contributed by atoms with van der Waals surface area (Å²) in [5.74, 6) is -1.00. The number of hydrogen-bond donors (Lipinski definition) is 1. The van der Waals surface area contributed by atoms with E-state index in [0.717, 1.165) is 27.8 Å². The molecule has 0 bridgehead atoms. The molecule has 37 heavy (non-hydrogen) atoms. The standard InChI is InChI=1S/C25H34N4O7S/c1-7-18(3)26-25(31)19(4)27(15-20-10-8-9-17(2)13-20)24(30)16-28(37(6,34)35)22-14-21(29(32)33)11-12-23(22)36-5/h8-14,18-19H,7,15-16H2,1-6H3,(H,26,31)/t18-,19+/m0/s1. The third-order valence-corrected chi connectivity index (χ3v) is 7.05. The second kappa shape index (κ2) is 12.5. The minimum atomic E-state index is -4.09. The van der Waals surface area contributed by atoms with Crippen molar-refractivity contribution in [1.82, 2.24) is 10.2 Å². The number of rotatable bonds is 12. The number of amides is 2. The van der Waals surface area contributed by atoms with E-state index in [2.05, 4.69) is 5.32 Å². The van der Waals surface area contributed by atoms with E-state index in [1.807, 2.05) is 45.0 Å². The van der Waals surface area contributed by atoms with Crippen molar-refractivity contribution in [3.63, 3.8) is 0 Å². The molecular weight excluding hydrogens is 500 g/mol. The van der Waals surface area contributed by atoms with Crippen LogP contribution in [0.2, 0.25) is 0 Å². The summed E-state index contributed by atoms with van der Waals surface area (Å²) in [5, 5.41) is 14.2. The summed E-state index contributed by atoms with van der Waals surface area (Å²) in [7, 11) is -2.80. The van der Waals surface area contributed by atoms with Crippen molar-refractivity contribution >= 4 is 33.2 Å². The number of ether oxygens (including phenoxy) is 1. The van der Waals surface area contributed by atoms with Gasteiger partial charge in [0.05, 0.1) is 18.3 Å². The van der Waals surface area contributed by atoms with Crippen LogP contribution >= 0.6 is 0 Å². The molecule has 202 valence electrons. The Morgan fingerprint density at radius 3 is 2.38 bits per heavy atom. The molecule has 12 heteroatoms. The monoisotopic (exact) mass is 534 g/mol. The van der Waals surface area contributed by atoms with Gasteiger partial charge in [-0.1, -0.05) is 36.8 Å². The zero-order valence-corrected chi connectivity index (χ0v) is 22.7. The number of nitro benzene ring substituents is 1. The highest BCUT2D eigenvalue weighted by Crippen LogP contribution is 2.33. The summed E-state index contributed by atoms with van der Waals surface area (Å²) in [4.78, 5) is 38.6. The van der Waals surface area contributed by atoms with Gasteiger partial charge in [-0.3, -0.25) is 24.0 Å². The third kappa shape index (κ3) is 7.91. The first-order chi connectivity index (χ1) is 17.3. The number of nitrogens with zero attached hydrogens (tertiary/aromatic N) is 3. The van der Waals surface area contributed by atoms with Gasteiger partial charge in [-0.25, -0.2) is 8.42 Å². The lowest BCUT2D eigenvalue weighted by atomic mass is 10.1. The average molecular weight is 535 g/mol. The number of sulfonamides is 1. The number of methoxy groups -OCH3 is 1. The van der Waals surface area contributed by atoms with Crippen molar-refractivity contribution in [3.8, 4) is 5.75 Å². The predicted molar refractivity (Wildman–Crippen MR) is 141 cm³/mol. The highest BCUT2D eigenvalue weighted by atomic mass is 32.2. The van der Waals surface area contributed by atoms with Crippen LogP contribution in [0.4, 0.5) is 11.4 Å². The van der Waals surface area contributed by atoms with E-state index in [0.29, 0.717) is 6.42 Å². The Morgan fingerprint density at radius 1 is 1.16 bits per heavy atom. The van der Waals surface area contributed by atoms with E-state index in [-0.39, 0.29) is 35.6 Å². The number of carbonyl (C=O) groups is 2. The van der Waals surface area contributed by atoms with Gasteiger partial charge in [0.25, 0.3) is 5.69 Å². The minimum Gasteiger partial charge on any atom is -0.495 e. The fourth-order valence-electron chi connectivity index (χ4n) is 3.64. The van der Waals surface area contributed by atoms with Gasteiger partial charge in [-0.05, 0) is 38.8 Å². The molecule has 0 aliphatic carbocycles. The highest BCUT2D eigenvalue weighted by molar-refractivity contribution is 7.92. The second-order valence-corrected chi connectivity index (χ2v) is 10.8. The molecule has 2 aromatic carbocycles. The van der Waals surface area contributed by atoms with Crippen molar-refractivity contribution < 1.29 is 27.7 Å². The van der Waals surface area contributed by atoms with Crippen LogP contribution in [0.25, 0.3) is 0 Å². The number of nitro groups is 1. The van der Waals surface area contributed by atoms with E-state index in [1.165, 1.54) is 24.1 Å². The molecule has 0 fully saturated rings. The van der Waals surface area contributed by atoms with Gasteiger partial charge in [-0.2, -0.15) is 0 Å². The molecule has 2 atom stereocenters. The Labute approximate surface area is 217 Å². The molecule has 0 aromatic heterocycles. The number of carbonyl (C=O) groups excluding carboxylic acids is 2. The van der Waals surface area contributed by atoms with Gasteiger partial charge in [0.2, 0.25) is 21.8 Å². The van der Waals surface area contributed by atoms with Crippen molar-refractivity contribution in [2.24, 2.45) is 0 Å². The van der Waals surface area contributed by atoms with Crippen LogP contribution in [0.3, 0.4) is 0 Å². The molecule has 0 radical (unpaired) electrons. The number of hydrogen-bond acceptors (Lipinski definition) is 7. The van der Waals surface area contributed by atoms with Crippen LogP contribution in [0, 0.1) is 17.0 Å². The number of anilines is 1. The lowest BCUT2D eigenvalue weighted by Crippen LogP contribution is -2.52. The summed E-state index contributed by atoms with van der Waals surface area (Å²) < 4.78 is 31.5. The van der Waals surface area contributed by atoms with Gasteiger partial charge in [0, 0.05) is 24.7 Å². The van der Waals surface area contributed by atoms with Gasteiger partial charge >= 0.3 is 0 Å². The lowest BCUT2D eigenvalue weighted by molar-refractivity contribution is -0.384. The number of benzene rings is 2. The van der Waals surface area contributed by atoms with Crippen molar-refractivity contribution in [3.05, 3.63) is 63.7 Å². The zero-order valence-electron chi connectivity index (χ0n) is 21.9. The normalized spacial score (nSPS) is 12.8. The molecule has 0 heterocycles. The Kier molecular flexibility index (Phi) is 10.0. The van der Waals surface area contributed by atoms with Crippen LogP contribution in [-0.2, 0) is 26.2 Å². The van der Waals surface area contributed by atoms with E-state index in [4.69, 9.17) is 4.74 Å². The van der Waals surface area contributed by atoms with Crippen LogP contribution < -0.4 is 14.4 Å². The molecule has 2 amide bonds. The fraction of sp³-hybridized carbons (Fsp3) is 0.440. The van der Waals surface area contributed by atoms with Crippen molar-refractivity contribution in [2.75, 3.05) is 24.2 Å². The number of non-ortho nitro benzene ring substituents is 1. The summed E-state index contributed by atoms with van der Waals surface area (Å²) in [6.07, 6.45) is 1.58. The van der Waals surface area contributed by atoms with E-state index in [9.17, 15) is 28.1 Å². The van der Waals surface area contributed by atoms with Gasteiger partial charge in [0.1, 0.15) is 24.0 Å². The second-order valence-electron chi connectivity index (χ2n) is 8.89. The SMILES string of the molecule is CC[C@H](C)NC(=O)[C@@H](C)N(Cc1cccc(C)c1)C(=O)CN(c1cc([N+](=O)[O-])ccc1OC)S(C)(=O)=O. The first-order valence-electron chi connectivity index (χ1n) is 11.7. The molecule has 11 nitrogen and oxygen atoms in total. The van der Waals surface area contributed by atoms with E-state index in [1.54, 1.807) is 6.92 Å². The molecule has 2 rings (SSSR count). The van der Waals surface area contributed by atoms with Crippen LogP contribution in [0.5, 0.6) is 5.75 Å². The van der Waals surface area contributed by atoms with Crippen LogP contribution in [-0.4, -0.2) is 62.0 Å². The summed E-state index contributed by atoms with van der Waals surface area (Å²) in [6, 6.07) is 9.85. The Bertz CT molecular complexity index is 1250. The van der Waals surface area contributed by atoms with Gasteiger partial charge in [0.15, 0.2) is 0 Å². The van der Waals surface area contributed by atoms with Crippen molar-refractivity contribution in [1.29, 1.82) is 0 Å². The fourth-order valence-corrected chi connectivity index (χ4v) is 4.48. The quantitative estimate of drug-likeness (QED) is 0.326. The molecular formula is C25H34N4O7S. The Balaban J connectivity index is 2.51. The van der Waals surface area contributed by atoms with Gasteiger partial charge < -0.3 is 15.0 Å². The van der Waals surface area contributed by atoms with Gasteiger partial charge in [-0.15, -0.1) is 0 Å². The predicted octanol–water partition coefficient (Wildman–Crippen LogP) is 3.01. The maximum atomic E-state index is 13.6. The molecule has 0 saturated heterocycles. The largest absolute Gasteiger partial charge is 0.495 e. The zero-order chi connectivity index (χ0) is 27.9. The van der Waals surface area contributed by atoms with Crippen LogP contribution in [0.1, 0.15) is 38.3 Å². The summed E-state index contributed by atoms with van der Waals surface area (Å²) >= 11 is 0. The number of nitrogens with one attached hydrogen (secondary N) is 1. The first kappa shape index (κ1) is 29.6. The molecule has 0 saturated carbocycles. The summed E-state index contributed by atoms with van der Waals surface area (Å²) in [6.45, 7) is 6.60. The Morgan fingerprint density at radius 2 is 1.84 bits per heavy atom. The minimum absolute atomic E-state index is 0.0385. The summed E-state index contributed by atoms with van der Waals surface area (Å²) in [5.41, 5.74) is 1.20. The maximum Gasteiger partial charge on any atom is 0.271 e. The third-order valence-electron chi connectivity index (χ3n) is 5.92. The van der Waals surface area contributed by atoms with Crippen molar-refractivity contribution in [2.45, 2.75) is 52.7 Å². The average Bonchev–Trinajstić information content (AvgIpc) is 2.83. The van der Waals surface area contributed by atoms with E-state index < -0.39 is 33.4 Å². The molecule has 0 aliphatic rings.